The third kappa shape index (κ3) is 4.76. The zero-order chi connectivity index (χ0) is 25.3. The van der Waals surface area contributed by atoms with Crippen molar-refractivity contribution in [2.75, 3.05) is 0 Å². The molecule has 6 nitrogen and oxygen atoms in total. The minimum absolute atomic E-state index is 0.0972. The number of nitrogens with zero attached hydrogens (tertiary/aromatic N) is 3. The van der Waals surface area contributed by atoms with Gasteiger partial charge in [0.15, 0.2) is 0 Å². The highest BCUT2D eigenvalue weighted by molar-refractivity contribution is 5.85. The van der Waals surface area contributed by atoms with Crippen LogP contribution >= 0.6 is 0 Å². The zero-order valence-electron chi connectivity index (χ0n) is 20.9. The van der Waals surface area contributed by atoms with Gasteiger partial charge >= 0.3 is 0 Å². The van der Waals surface area contributed by atoms with Gasteiger partial charge in [0, 0.05) is 30.5 Å². The Hall–Kier alpha value is -3.74. The molecule has 1 amide bonds. The van der Waals surface area contributed by atoms with Gasteiger partial charge in [0.1, 0.15) is 11.5 Å². The first kappa shape index (κ1) is 24.4. The number of carbonyl (C=O) groups excluding carboxylic acids is 1. The summed E-state index contributed by atoms with van der Waals surface area (Å²) in [5.74, 6) is -0.463. The molecule has 0 aliphatic rings. The molecule has 4 aromatic rings. The molecule has 0 unspecified atom stereocenters. The largest absolute Gasteiger partial charge is 0.352 e. The van der Waals surface area contributed by atoms with Crippen LogP contribution in [0.4, 0.5) is 4.39 Å². The van der Waals surface area contributed by atoms with E-state index in [4.69, 9.17) is 0 Å². The van der Waals surface area contributed by atoms with Gasteiger partial charge in [0.2, 0.25) is 5.91 Å². The molecular weight excluding hydrogens is 443 g/mol. The molecule has 0 bridgehead atoms. The molecule has 1 N–H and O–H groups in total. The predicted molar refractivity (Wildman–Crippen MR) is 137 cm³/mol. The Kier molecular flexibility index (Phi) is 6.87. The lowest BCUT2D eigenvalue weighted by atomic mass is 10.0. The number of carbonyl (C=O) groups is 1. The third-order valence-electron chi connectivity index (χ3n) is 6.57. The Morgan fingerprint density at radius 2 is 1.86 bits per heavy atom. The number of hydrogen-bond acceptors (Lipinski definition) is 3. The maximum absolute atomic E-state index is 13.9. The van der Waals surface area contributed by atoms with Crippen molar-refractivity contribution >= 4 is 16.9 Å². The Balaban J connectivity index is 1.64. The van der Waals surface area contributed by atoms with Gasteiger partial charge in [-0.3, -0.25) is 14.2 Å². The van der Waals surface area contributed by atoms with Crippen molar-refractivity contribution in [1.82, 2.24) is 19.7 Å². The summed E-state index contributed by atoms with van der Waals surface area (Å²) < 4.78 is 17.2. The van der Waals surface area contributed by atoms with E-state index >= 15 is 0 Å². The van der Waals surface area contributed by atoms with Gasteiger partial charge in [-0.05, 0) is 75.9 Å². The first-order valence-corrected chi connectivity index (χ1v) is 11.9. The quantitative estimate of drug-likeness (QED) is 0.417. The molecule has 0 atom stereocenters. The second-order valence-electron chi connectivity index (χ2n) is 9.04. The van der Waals surface area contributed by atoms with E-state index in [9.17, 15) is 14.0 Å². The van der Waals surface area contributed by atoms with Crippen molar-refractivity contribution in [2.24, 2.45) is 0 Å². The van der Waals surface area contributed by atoms with Gasteiger partial charge in [0.05, 0.1) is 11.4 Å². The SMILES string of the molecule is CCn1c(=O)c(CCC(=O)NCc2cc(C)ccc2C)c(C)c2c(C)nn(-c3cccc(F)c3)c21. The molecule has 7 heteroatoms. The minimum Gasteiger partial charge on any atom is -0.352 e. The normalized spacial score (nSPS) is 11.3. The highest BCUT2D eigenvalue weighted by Gasteiger charge is 2.21. The topological polar surface area (TPSA) is 68.9 Å². The number of hydrogen-bond donors (Lipinski definition) is 1. The smallest absolute Gasteiger partial charge is 0.255 e. The van der Waals surface area contributed by atoms with Crippen LogP contribution in [0.2, 0.25) is 0 Å². The van der Waals surface area contributed by atoms with E-state index < -0.39 is 0 Å². The number of nitrogens with one attached hydrogen (secondary N) is 1. The molecule has 0 aliphatic carbocycles. The van der Waals surface area contributed by atoms with Crippen LogP contribution in [-0.4, -0.2) is 20.3 Å². The Labute approximate surface area is 204 Å². The number of fused-ring (bicyclic) bond motifs is 1. The van der Waals surface area contributed by atoms with Gasteiger partial charge in [-0.15, -0.1) is 0 Å². The van der Waals surface area contributed by atoms with Gasteiger partial charge in [-0.2, -0.15) is 5.10 Å². The summed E-state index contributed by atoms with van der Waals surface area (Å²) in [6.45, 7) is 10.6. The Morgan fingerprint density at radius 3 is 2.57 bits per heavy atom. The van der Waals surface area contributed by atoms with E-state index in [1.807, 2.05) is 34.6 Å². The molecule has 2 aromatic heterocycles. The van der Waals surface area contributed by atoms with E-state index in [0.29, 0.717) is 36.4 Å². The summed E-state index contributed by atoms with van der Waals surface area (Å²) in [6, 6.07) is 12.4. The van der Waals surface area contributed by atoms with Crippen LogP contribution in [0.1, 0.15) is 46.9 Å². The summed E-state index contributed by atoms with van der Waals surface area (Å²) in [7, 11) is 0. The number of benzene rings is 2. The van der Waals surface area contributed by atoms with Crippen LogP contribution in [0.3, 0.4) is 0 Å². The van der Waals surface area contributed by atoms with Gasteiger partial charge in [0.25, 0.3) is 5.56 Å². The Bertz CT molecular complexity index is 1480. The van der Waals surface area contributed by atoms with Crippen LogP contribution < -0.4 is 10.9 Å². The summed E-state index contributed by atoms with van der Waals surface area (Å²) in [5, 5.41) is 8.48. The van der Waals surface area contributed by atoms with E-state index in [1.54, 1.807) is 21.4 Å². The van der Waals surface area contributed by atoms with Gasteiger partial charge < -0.3 is 5.32 Å². The summed E-state index contributed by atoms with van der Waals surface area (Å²) in [5.41, 5.74) is 6.61. The molecule has 0 fully saturated rings. The molecule has 182 valence electrons. The number of aromatic nitrogens is 3. The number of aryl methyl sites for hydroxylation is 5. The summed E-state index contributed by atoms with van der Waals surface area (Å²) in [4.78, 5) is 26.1. The fourth-order valence-corrected chi connectivity index (χ4v) is 4.66. The van der Waals surface area contributed by atoms with Crippen molar-refractivity contribution in [3.05, 3.63) is 92.1 Å². The first-order valence-electron chi connectivity index (χ1n) is 11.9. The fraction of sp³-hybridized carbons (Fsp3) is 0.321. The van der Waals surface area contributed by atoms with Crippen LogP contribution in [-0.2, 0) is 24.3 Å². The van der Waals surface area contributed by atoms with Crippen molar-refractivity contribution < 1.29 is 9.18 Å². The predicted octanol–water partition coefficient (Wildman–Crippen LogP) is 4.83. The van der Waals surface area contributed by atoms with Crippen molar-refractivity contribution in [3.8, 4) is 5.69 Å². The first-order chi connectivity index (χ1) is 16.7. The molecule has 35 heavy (non-hydrogen) atoms. The van der Waals surface area contributed by atoms with Crippen LogP contribution in [0.25, 0.3) is 16.7 Å². The fourth-order valence-electron chi connectivity index (χ4n) is 4.66. The average Bonchev–Trinajstić information content (AvgIpc) is 3.17. The average molecular weight is 475 g/mol. The molecule has 0 saturated heterocycles. The standard InChI is InChI=1S/C28H31FN4O2/c1-6-32-27-26(20(5)31-33(27)23-9-7-8-22(29)15-23)19(4)24(28(32)35)12-13-25(34)30-16-21-14-17(2)10-11-18(21)3/h7-11,14-15H,6,12-13,16H2,1-5H3,(H,30,34). The highest BCUT2D eigenvalue weighted by atomic mass is 19.1. The van der Waals surface area contributed by atoms with E-state index in [-0.39, 0.29) is 23.7 Å². The molecular formula is C28H31FN4O2. The second-order valence-corrected chi connectivity index (χ2v) is 9.04. The molecule has 2 heterocycles. The molecule has 0 saturated carbocycles. The van der Waals surface area contributed by atoms with Crippen LogP contribution in [0, 0.1) is 33.5 Å². The maximum atomic E-state index is 13.9. The van der Waals surface area contributed by atoms with E-state index in [0.717, 1.165) is 33.3 Å². The maximum Gasteiger partial charge on any atom is 0.255 e. The number of halogens is 1. The monoisotopic (exact) mass is 474 g/mol. The zero-order valence-corrected chi connectivity index (χ0v) is 20.9. The lowest BCUT2D eigenvalue weighted by Crippen LogP contribution is -2.28. The third-order valence-corrected chi connectivity index (χ3v) is 6.57. The van der Waals surface area contributed by atoms with E-state index in [2.05, 4.69) is 28.6 Å². The van der Waals surface area contributed by atoms with Crippen LogP contribution in [0.5, 0.6) is 0 Å². The summed E-state index contributed by atoms with van der Waals surface area (Å²) >= 11 is 0. The minimum atomic E-state index is -0.366. The highest BCUT2D eigenvalue weighted by Crippen LogP contribution is 2.26. The molecule has 0 spiro atoms. The number of amides is 1. The molecule has 4 rings (SSSR count). The molecule has 0 aliphatic heterocycles. The lowest BCUT2D eigenvalue weighted by molar-refractivity contribution is -0.121. The van der Waals surface area contributed by atoms with Crippen molar-refractivity contribution in [3.63, 3.8) is 0 Å². The van der Waals surface area contributed by atoms with Crippen molar-refractivity contribution in [2.45, 2.75) is 60.5 Å². The number of rotatable bonds is 7. The second kappa shape index (κ2) is 9.86. The van der Waals surface area contributed by atoms with Gasteiger partial charge in [-0.1, -0.05) is 29.8 Å². The van der Waals surface area contributed by atoms with E-state index in [1.165, 1.54) is 12.1 Å². The van der Waals surface area contributed by atoms with Crippen molar-refractivity contribution in [1.29, 1.82) is 0 Å². The number of pyridine rings is 1. The summed E-state index contributed by atoms with van der Waals surface area (Å²) in [6.07, 6.45) is 0.553. The lowest BCUT2D eigenvalue weighted by Gasteiger charge is -2.15. The van der Waals surface area contributed by atoms with Crippen LogP contribution in [0.15, 0.2) is 47.3 Å². The Morgan fingerprint density at radius 1 is 1.09 bits per heavy atom. The molecule has 0 radical (unpaired) electrons. The van der Waals surface area contributed by atoms with Gasteiger partial charge in [-0.25, -0.2) is 9.07 Å². The molecule has 2 aromatic carbocycles.